The highest BCUT2D eigenvalue weighted by Gasteiger charge is 2.23. The van der Waals surface area contributed by atoms with E-state index in [0.717, 1.165) is 0 Å². The molecule has 16 heavy (non-hydrogen) atoms. The second-order valence-corrected chi connectivity index (χ2v) is 4.43. The Labute approximate surface area is 97.6 Å². The molecule has 0 fully saturated rings. The van der Waals surface area contributed by atoms with Crippen molar-refractivity contribution in [1.29, 1.82) is 0 Å². The van der Waals surface area contributed by atoms with Crippen LogP contribution >= 0.6 is 11.6 Å². The monoisotopic (exact) mass is 240 g/mol. The molecule has 1 aliphatic rings. The Balaban J connectivity index is 2.13. The molecule has 1 atom stereocenters. The average Bonchev–Trinajstić information content (AvgIpc) is 2.20. The minimum absolute atomic E-state index is 0.311. The van der Waals surface area contributed by atoms with Crippen molar-refractivity contribution in [3.63, 3.8) is 0 Å². The third-order valence-corrected chi connectivity index (χ3v) is 2.17. The third kappa shape index (κ3) is 2.79. The zero-order valence-electron chi connectivity index (χ0n) is 8.65. The molecule has 2 rings (SSSR count). The van der Waals surface area contributed by atoms with E-state index in [1.807, 2.05) is 0 Å². The molecule has 0 amide bonds. The standard InChI is InChI=1S/C11H10ClFN2O/c1-11(12)7-14-6-10(15-11)16-9-4-2-8(13)3-5-9/h2-6H,7H2,1H3. The summed E-state index contributed by atoms with van der Waals surface area (Å²) in [7, 11) is 0. The molecule has 0 aromatic heterocycles. The number of hydrogen-bond acceptors (Lipinski definition) is 3. The van der Waals surface area contributed by atoms with Gasteiger partial charge in [-0.05, 0) is 31.2 Å². The molecule has 0 radical (unpaired) electrons. The van der Waals surface area contributed by atoms with Gasteiger partial charge in [0.2, 0.25) is 5.90 Å². The van der Waals surface area contributed by atoms with Crippen LogP contribution in [-0.2, 0) is 0 Å². The first-order valence-electron chi connectivity index (χ1n) is 4.77. The van der Waals surface area contributed by atoms with E-state index in [1.165, 1.54) is 30.5 Å². The Bertz CT molecular complexity index is 440. The summed E-state index contributed by atoms with van der Waals surface area (Å²) >= 11 is 6.02. The lowest BCUT2D eigenvalue weighted by atomic mass is 10.3. The molecule has 0 spiro atoms. The maximum atomic E-state index is 12.7. The first-order valence-corrected chi connectivity index (χ1v) is 5.15. The molecule has 0 bridgehead atoms. The maximum Gasteiger partial charge on any atom is 0.234 e. The van der Waals surface area contributed by atoms with Gasteiger partial charge in [0, 0.05) is 0 Å². The predicted molar refractivity (Wildman–Crippen MR) is 62.1 cm³/mol. The van der Waals surface area contributed by atoms with Crippen molar-refractivity contribution in [1.82, 2.24) is 0 Å². The summed E-state index contributed by atoms with van der Waals surface area (Å²) in [6.45, 7) is 2.17. The van der Waals surface area contributed by atoms with Crippen LogP contribution < -0.4 is 4.74 Å². The topological polar surface area (TPSA) is 34.0 Å². The zero-order chi connectivity index (χ0) is 11.6. The van der Waals surface area contributed by atoms with Gasteiger partial charge in [0.25, 0.3) is 0 Å². The Hall–Kier alpha value is -1.42. The van der Waals surface area contributed by atoms with E-state index in [0.29, 0.717) is 18.2 Å². The number of alkyl halides is 1. The van der Waals surface area contributed by atoms with Crippen LogP contribution in [0, 0.1) is 5.82 Å². The fourth-order valence-corrected chi connectivity index (χ4v) is 1.41. The number of hydrogen-bond donors (Lipinski definition) is 0. The average molecular weight is 241 g/mol. The van der Waals surface area contributed by atoms with E-state index >= 15 is 0 Å². The van der Waals surface area contributed by atoms with Crippen molar-refractivity contribution in [3.8, 4) is 5.75 Å². The quantitative estimate of drug-likeness (QED) is 0.549. The van der Waals surface area contributed by atoms with Crippen molar-refractivity contribution in [2.24, 2.45) is 9.98 Å². The van der Waals surface area contributed by atoms with Gasteiger partial charge in [0.05, 0.1) is 12.8 Å². The molecule has 0 saturated carbocycles. The molecular weight excluding hydrogens is 231 g/mol. The highest BCUT2D eigenvalue weighted by atomic mass is 35.5. The van der Waals surface area contributed by atoms with Crippen LogP contribution in [0.3, 0.4) is 0 Å². The third-order valence-electron chi connectivity index (χ3n) is 1.96. The number of ether oxygens (including phenoxy) is 1. The summed E-state index contributed by atoms with van der Waals surface area (Å²) in [4.78, 5) is 7.43. The molecule has 84 valence electrons. The van der Waals surface area contributed by atoms with Crippen LogP contribution in [0.4, 0.5) is 4.39 Å². The van der Waals surface area contributed by atoms with E-state index in [9.17, 15) is 4.39 Å². The van der Waals surface area contributed by atoms with Crippen LogP contribution in [-0.4, -0.2) is 23.7 Å². The van der Waals surface area contributed by atoms with E-state index in [-0.39, 0.29) is 5.82 Å². The van der Waals surface area contributed by atoms with E-state index in [2.05, 4.69) is 9.98 Å². The molecule has 0 aliphatic carbocycles. The Morgan fingerprint density at radius 2 is 2.06 bits per heavy atom. The largest absolute Gasteiger partial charge is 0.438 e. The van der Waals surface area contributed by atoms with Crippen LogP contribution in [0.25, 0.3) is 0 Å². The summed E-state index contributed by atoms with van der Waals surface area (Å²) in [6.07, 6.45) is 1.51. The number of aliphatic imine (C=N–C) groups is 2. The Morgan fingerprint density at radius 1 is 1.38 bits per heavy atom. The minimum Gasteiger partial charge on any atom is -0.438 e. The van der Waals surface area contributed by atoms with Gasteiger partial charge in [0.15, 0.2) is 5.00 Å². The van der Waals surface area contributed by atoms with E-state index in [1.54, 1.807) is 6.92 Å². The number of halogens is 2. The fraction of sp³-hybridized carbons (Fsp3) is 0.273. The summed E-state index contributed by atoms with van der Waals surface area (Å²) in [5, 5.41) is 0. The lowest BCUT2D eigenvalue weighted by Crippen LogP contribution is -2.27. The molecule has 1 aromatic carbocycles. The number of nitrogens with zero attached hydrogens (tertiary/aromatic N) is 2. The Morgan fingerprint density at radius 3 is 2.69 bits per heavy atom. The van der Waals surface area contributed by atoms with Gasteiger partial charge < -0.3 is 4.74 Å². The normalized spacial score (nSPS) is 24.1. The molecule has 0 N–H and O–H groups in total. The van der Waals surface area contributed by atoms with Crippen LogP contribution in [0.1, 0.15) is 6.92 Å². The van der Waals surface area contributed by atoms with Gasteiger partial charge in [-0.1, -0.05) is 11.6 Å². The maximum absolute atomic E-state index is 12.7. The SMILES string of the molecule is CC1(Cl)CN=CC(Oc2ccc(F)cc2)=N1. The van der Waals surface area contributed by atoms with Gasteiger partial charge in [-0.2, -0.15) is 0 Å². The van der Waals surface area contributed by atoms with Crippen molar-refractivity contribution in [2.45, 2.75) is 11.9 Å². The molecule has 1 unspecified atom stereocenters. The lowest BCUT2D eigenvalue weighted by molar-refractivity contribution is 0.533. The fourth-order valence-electron chi connectivity index (χ4n) is 1.26. The summed E-state index contributed by atoms with van der Waals surface area (Å²) in [5.41, 5.74) is 0. The Kier molecular flexibility index (Phi) is 2.92. The highest BCUT2D eigenvalue weighted by Crippen LogP contribution is 2.20. The zero-order valence-corrected chi connectivity index (χ0v) is 9.41. The second-order valence-electron chi connectivity index (χ2n) is 3.62. The first-order chi connectivity index (χ1) is 7.55. The molecule has 1 aliphatic heterocycles. The molecule has 1 heterocycles. The smallest absolute Gasteiger partial charge is 0.234 e. The van der Waals surface area contributed by atoms with Gasteiger partial charge in [-0.3, -0.25) is 4.99 Å². The number of rotatable bonds is 1. The highest BCUT2D eigenvalue weighted by molar-refractivity contribution is 6.31. The van der Waals surface area contributed by atoms with Crippen molar-refractivity contribution in [3.05, 3.63) is 30.1 Å². The molecule has 3 nitrogen and oxygen atoms in total. The minimum atomic E-state index is -0.760. The molecule has 5 heteroatoms. The van der Waals surface area contributed by atoms with E-state index < -0.39 is 5.00 Å². The lowest BCUT2D eigenvalue weighted by Gasteiger charge is -2.19. The predicted octanol–water partition coefficient (Wildman–Crippen LogP) is 2.64. The summed E-state index contributed by atoms with van der Waals surface area (Å²) < 4.78 is 18.1. The second kappa shape index (κ2) is 4.22. The van der Waals surface area contributed by atoms with Gasteiger partial charge in [0.1, 0.15) is 11.6 Å². The van der Waals surface area contributed by atoms with Crippen molar-refractivity contribution < 1.29 is 9.13 Å². The van der Waals surface area contributed by atoms with Crippen LogP contribution in [0.2, 0.25) is 0 Å². The summed E-state index contributed by atoms with van der Waals surface area (Å²) in [5.74, 6) is 0.519. The van der Waals surface area contributed by atoms with Crippen molar-refractivity contribution in [2.75, 3.05) is 6.54 Å². The van der Waals surface area contributed by atoms with Crippen LogP contribution in [0.5, 0.6) is 5.75 Å². The van der Waals surface area contributed by atoms with Gasteiger partial charge >= 0.3 is 0 Å². The van der Waals surface area contributed by atoms with E-state index in [4.69, 9.17) is 16.3 Å². The van der Waals surface area contributed by atoms with Crippen LogP contribution in [0.15, 0.2) is 34.3 Å². The van der Waals surface area contributed by atoms with Crippen molar-refractivity contribution >= 4 is 23.7 Å². The van der Waals surface area contributed by atoms with Gasteiger partial charge in [-0.15, -0.1) is 0 Å². The molecule has 0 saturated heterocycles. The summed E-state index contributed by atoms with van der Waals surface area (Å²) in [6, 6.07) is 5.67. The molecular formula is C11H10ClFN2O. The first kappa shape index (κ1) is 11.1. The number of benzene rings is 1. The van der Waals surface area contributed by atoms with Gasteiger partial charge in [-0.25, -0.2) is 9.38 Å². The molecule has 1 aromatic rings.